The van der Waals surface area contributed by atoms with Gasteiger partial charge in [-0.2, -0.15) is 0 Å². The number of alkyl halides is 3. The van der Waals surface area contributed by atoms with Gasteiger partial charge in [0.2, 0.25) is 0 Å². The lowest BCUT2D eigenvalue weighted by molar-refractivity contribution is -0.274. The van der Waals surface area contributed by atoms with Crippen molar-refractivity contribution < 1.29 is 27.5 Å². The summed E-state index contributed by atoms with van der Waals surface area (Å²) in [6, 6.07) is 4.76. The smallest absolute Gasteiger partial charge is 0.406 e. The third-order valence-corrected chi connectivity index (χ3v) is 3.36. The Hall–Kier alpha value is -2.77. The van der Waals surface area contributed by atoms with E-state index in [1.54, 1.807) is 13.8 Å². The van der Waals surface area contributed by atoms with Crippen molar-refractivity contribution in [3.63, 3.8) is 0 Å². The molecule has 2 N–H and O–H groups in total. The molecule has 0 bridgehead atoms. The van der Waals surface area contributed by atoms with Gasteiger partial charge in [0.05, 0.1) is 0 Å². The molecule has 1 heterocycles. The average molecular weight is 340 g/mol. The molecule has 5 nitrogen and oxygen atoms in total. The van der Waals surface area contributed by atoms with Crippen LogP contribution >= 0.6 is 0 Å². The first-order valence-corrected chi connectivity index (χ1v) is 6.95. The van der Waals surface area contributed by atoms with Crippen LogP contribution in [0, 0.1) is 13.8 Å². The number of anilines is 1. The van der Waals surface area contributed by atoms with E-state index in [4.69, 9.17) is 0 Å². The van der Waals surface area contributed by atoms with Crippen molar-refractivity contribution in [2.45, 2.75) is 27.1 Å². The van der Waals surface area contributed by atoms with Gasteiger partial charge in [0.15, 0.2) is 5.78 Å². The van der Waals surface area contributed by atoms with Crippen molar-refractivity contribution in [3.05, 3.63) is 46.8 Å². The number of benzene rings is 1. The zero-order valence-corrected chi connectivity index (χ0v) is 13.2. The molecule has 0 saturated heterocycles. The van der Waals surface area contributed by atoms with Gasteiger partial charge in [0, 0.05) is 16.9 Å². The zero-order chi connectivity index (χ0) is 18.1. The Bertz CT molecular complexity index is 777. The van der Waals surface area contributed by atoms with Gasteiger partial charge in [0.1, 0.15) is 11.4 Å². The van der Waals surface area contributed by atoms with Crippen molar-refractivity contribution in [3.8, 4) is 5.75 Å². The topological polar surface area (TPSA) is 71.2 Å². The standard InChI is InChI=1S/C16H15F3N2O3/c1-8-13(10(3)22)9(2)20-14(8)15(23)21-11-4-6-12(7-5-11)24-16(17,18)19/h4-7,20H,1-3H3,(H,21,23). The van der Waals surface area contributed by atoms with Gasteiger partial charge >= 0.3 is 6.36 Å². The summed E-state index contributed by atoms with van der Waals surface area (Å²) in [5.74, 6) is -1.03. The van der Waals surface area contributed by atoms with E-state index in [0.29, 0.717) is 22.5 Å². The molecular formula is C16H15F3N2O3. The lowest BCUT2D eigenvalue weighted by Crippen LogP contribution is -2.17. The Morgan fingerprint density at radius 1 is 1.12 bits per heavy atom. The number of ketones is 1. The molecule has 1 aromatic carbocycles. The maximum atomic E-state index is 12.3. The first-order chi connectivity index (χ1) is 11.1. The third-order valence-electron chi connectivity index (χ3n) is 3.36. The molecule has 0 atom stereocenters. The number of aromatic amines is 1. The van der Waals surface area contributed by atoms with Crippen molar-refractivity contribution >= 4 is 17.4 Å². The van der Waals surface area contributed by atoms with Crippen LogP contribution in [-0.2, 0) is 0 Å². The van der Waals surface area contributed by atoms with Crippen molar-refractivity contribution in [1.29, 1.82) is 0 Å². The molecule has 0 aliphatic rings. The first kappa shape index (κ1) is 17.6. The van der Waals surface area contributed by atoms with Crippen LogP contribution in [0.2, 0.25) is 0 Å². The molecule has 0 unspecified atom stereocenters. The summed E-state index contributed by atoms with van der Waals surface area (Å²) >= 11 is 0. The largest absolute Gasteiger partial charge is 0.573 e. The minimum atomic E-state index is -4.77. The fraction of sp³-hybridized carbons (Fsp3) is 0.250. The molecule has 0 aliphatic heterocycles. The van der Waals surface area contributed by atoms with Gasteiger partial charge in [-0.25, -0.2) is 0 Å². The van der Waals surface area contributed by atoms with Crippen molar-refractivity contribution in [2.24, 2.45) is 0 Å². The second-order valence-electron chi connectivity index (χ2n) is 5.21. The molecule has 128 valence electrons. The predicted octanol–water partition coefficient (Wildman–Crippen LogP) is 3.99. The van der Waals surface area contributed by atoms with Crippen LogP contribution in [0.4, 0.5) is 18.9 Å². The van der Waals surface area contributed by atoms with Crippen LogP contribution in [0.15, 0.2) is 24.3 Å². The van der Waals surface area contributed by atoms with E-state index in [-0.39, 0.29) is 17.2 Å². The van der Waals surface area contributed by atoms with Gasteiger partial charge in [-0.1, -0.05) is 0 Å². The van der Waals surface area contributed by atoms with Crippen LogP contribution in [0.25, 0.3) is 0 Å². The molecule has 0 saturated carbocycles. The fourth-order valence-electron chi connectivity index (χ4n) is 2.44. The number of nitrogens with one attached hydrogen (secondary N) is 2. The van der Waals surface area contributed by atoms with Crippen LogP contribution in [0.1, 0.15) is 39.0 Å². The summed E-state index contributed by atoms with van der Waals surface area (Å²) in [6.45, 7) is 4.74. The summed E-state index contributed by atoms with van der Waals surface area (Å²) in [6.07, 6.45) is -4.77. The van der Waals surface area contributed by atoms with Crippen LogP contribution in [0.3, 0.4) is 0 Å². The first-order valence-electron chi connectivity index (χ1n) is 6.95. The summed E-state index contributed by atoms with van der Waals surface area (Å²) < 4.78 is 40.1. The Kier molecular flexibility index (Phi) is 4.68. The highest BCUT2D eigenvalue weighted by molar-refractivity contribution is 6.07. The van der Waals surface area contributed by atoms with Gasteiger partial charge < -0.3 is 15.0 Å². The number of carbonyl (C=O) groups is 2. The average Bonchev–Trinajstić information content (AvgIpc) is 2.74. The number of Topliss-reactive ketones (excluding diaryl/α,β-unsaturated/α-hetero) is 1. The molecule has 0 radical (unpaired) electrons. The van der Waals surface area contributed by atoms with Crippen LogP contribution < -0.4 is 10.1 Å². The third kappa shape index (κ3) is 3.95. The molecule has 2 rings (SSSR count). The molecule has 2 aromatic rings. The number of carbonyl (C=O) groups excluding carboxylic acids is 2. The number of rotatable bonds is 4. The molecular weight excluding hydrogens is 325 g/mol. The molecule has 0 spiro atoms. The van der Waals surface area contributed by atoms with E-state index in [9.17, 15) is 22.8 Å². The SMILES string of the molecule is CC(=O)c1c(C)[nH]c(C(=O)Nc2ccc(OC(F)(F)F)cc2)c1C. The highest BCUT2D eigenvalue weighted by atomic mass is 19.4. The van der Waals surface area contributed by atoms with Crippen LogP contribution in [0.5, 0.6) is 5.75 Å². The molecule has 8 heteroatoms. The normalized spacial score (nSPS) is 11.2. The summed E-state index contributed by atoms with van der Waals surface area (Å²) in [4.78, 5) is 26.7. The monoisotopic (exact) mass is 340 g/mol. The summed E-state index contributed by atoms with van der Waals surface area (Å²) in [7, 11) is 0. The van der Waals surface area contributed by atoms with Crippen LogP contribution in [-0.4, -0.2) is 23.0 Å². The second-order valence-corrected chi connectivity index (χ2v) is 5.21. The van der Waals surface area contributed by atoms with Gasteiger partial charge in [-0.15, -0.1) is 13.2 Å². The fourth-order valence-corrected chi connectivity index (χ4v) is 2.44. The van der Waals surface area contributed by atoms with E-state index in [2.05, 4.69) is 15.0 Å². The number of aromatic nitrogens is 1. The number of halogens is 3. The molecule has 0 aliphatic carbocycles. The lowest BCUT2D eigenvalue weighted by Gasteiger charge is -2.10. The zero-order valence-electron chi connectivity index (χ0n) is 13.2. The lowest BCUT2D eigenvalue weighted by atomic mass is 10.1. The minimum absolute atomic E-state index is 0.158. The van der Waals surface area contributed by atoms with E-state index in [1.165, 1.54) is 19.1 Å². The Balaban J connectivity index is 2.16. The van der Waals surface area contributed by atoms with Gasteiger partial charge in [-0.05, 0) is 50.6 Å². The van der Waals surface area contributed by atoms with Crippen molar-refractivity contribution in [1.82, 2.24) is 4.98 Å². The highest BCUT2D eigenvalue weighted by Crippen LogP contribution is 2.25. The number of ether oxygens (including phenoxy) is 1. The quantitative estimate of drug-likeness (QED) is 0.827. The van der Waals surface area contributed by atoms with E-state index in [0.717, 1.165) is 12.1 Å². The molecule has 24 heavy (non-hydrogen) atoms. The Morgan fingerprint density at radius 3 is 2.17 bits per heavy atom. The van der Waals surface area contributed by atoms with Crippen molar-refractivity contribution in [2.75, 3.05) is 5.32 Å². The number of amides is 1. The second kappa shape index (κ2) is 6.38. The predicted molar refractivity (Wildman–Crippen MR) is 81.3 cm³/mol. The Labute approximate surface area is 135 Å². The highest BCUT2D eigenvalue weighted by Gasteiger charge is 2.31. The van der Waals surface area contributed by atoms with E-state index in [1.807, 2.05) is 0 Å². The summed E-state index contributed by atoms with van der Waals surface area (Å²) in [5.41, 5.74) is 2.08. The molecule has 0 fully saturated rings. The molecule has 1 amide bonds. The number of H-pyrrole nitrogens is 1. The number of aryl methyl sites for hydroxylation is 1. The summed E-state index contributed by atoms with van der Waals surface area (Å²) in [5, 5.41) is 2.55. The van der Waals surface area contributed by atoms with Gasteiger partial charge in [-0.3, -0.25) is 9.59 Å². The number of hydrogen-bond acceptors (Lipinski definition) is 3. The molecule has 1 aromatic heterocycles. The Morgan fingerprint density at radius 2 is 1.71 bits per heavy atom. The minimum Gasteiger partial charge on any atom is -0.406 e. The number of hydrogen-bond donors (Lipinski definition) is 2. The van der Waals surface area contributed by atoms with Gasteiger partial charge in [0.25, 0.3) is 5.91 Å². The maximum Gasteiger partial charge on any atom is 0.573 e. The van der Waals surface area contributed by atoms with E-state index >= 15 is 0 Å². The van der Waals surface area contributed by atoms with E-state index < -0.39 is 12.3 Å². The maximum absolute atomic E-state index is 12.3.